The van der Waals surface area contributed by atoms with Gasteiger partial charge in [0, 0.05) is 45.2 Å². The van der Waals surface area contributed by atoms with E-state index in [0.717, 1.165) is 0 Å². The minimum absolute atomic E-state index is 0.651. The zero-order valence-corrected chi connectivity index (χ0v) is 19.6. The van der Waals surface area contributed by atoms with Gasteiger partial charge in [-0.25, -0.2) is 0 Å². The van der Waals surface area contributed by atoms with Crippen LogP contribution in [-0.2, 0) is 0 Å². The molecule has 0 saturated heterocycles. The minimum Gasteiger partial charge on any atom is -0.192 e. The molecule has 0 nitrogen and oxygen atoms in total. The molecular weight excluding hydrogens is 842 g/mol. The highest BCUT2D eigenvalue weighted by atomic mass is 127. The minimum atomic E-state index is -7.81. The first-order valence-corrected chi connectivity index (χ1v) is 9.32. The summed E-state index contributed by atoms with van der Waals surface area (Å²) >= 11 is -1.44. The van der Waals surface area contributed by atoms with Crippen LogP contribution in [0.3, 0.4) is 0 Å². The summed E-state index contributed by atoms with van der Waals surface area (Å²) in [6.45, 7) is 0. The normalized spacial score (nSPS) is 16.4. The van der Waals surface area contributed by atoms with Crippen LogP contribution in [0.15, 0.2) is 0 Å². The van der Waals surface area contributed by atoms with Gasteiger partial charge >= 0.3 is 61.7 Å². The number of rotatable bonds is 7. The molecule has 0 rings (SSSR count). The van der Waals surface area contributed by atoms with Gasteiger partial charge in [-0.3, -0.25) is 0 Å². The number of hydrogen-bond donors (Lipinski definition) is 0. The lowest BCUT2D eigenvalue weighted by Gasteiger charge is -2.38. The zero-order valence-electron chi connectivity index (χ0n) is 15.3. The van der Waals surface area contributed by atoms with Gasteiger partial charge in [-0.2, -0.15) is 105 Å². The molecule has 226 valence electrons. The monoisotopic (exact) mass is 842 g/mol. The molecule has 0 unspecified atom stereocenters. The van der Waals surface area contributed by atoms with Gasteiger partial charge in [0.25, 0.3) is 0 Å². The molecule has 0 aromatic heterocycles. The average Bonchev–Trinajstić information content (AvgIpc) is 2.57. The third-order valence-corrected chi connectivity index (χ3v) is 4.75. The number of hydrogen-bond acceptors (Lipinski definition) is 0. The Bertz CT molecular complexity index is 710. The summed E-state index contributed by atoms with van der Waals surface area (Å²) in [5.74, 6) is -51.8. The topological polar surface area (TPSA) is 0 Å². The van der Waals surface area contributed by atoms with Crippen molar-refractivity contribution in [2.45, 2.75) is 61.7 Å². The van der Waals surface area contributed by atoms with Gasteiger partial charge in [0.15, 0.2) is 0 Å². The fourth-order valence-corrected chi connectivity index (χ4v) is 1.98. The van der Waals surface area contributed by atoms with Gasteiger partial charge < -0.3 is 0 Å². The highest BCUT2D eigenvalue weighted by Crippen LogP contribution is 2.61. The summed E-state index contributed by atoms with van der Waals surface area (Å²) in [7, 11) is 0. The molecule has 0 N–H and O–H groups in total. The van der Waals surface area contributed by atoms with Crippen molar-refractivity contribution in [3.8, 4) is 0 Å². The molecule has 37 heavy (non-hydrogen) atoms. The second kappa shape index (κ2) is 10.0. The summed E-state index contributed by atoms with van der Waals surface area (Å²) in [4.78, 5) is 0. The van der Waals surface area contributed by atoms with Crippen molar-refractivity contribution < 1.29 is 105 Å². The zero-order chi connectivity index (χ0) is 31.5. The molecule has 0 saturated carbocycles. The molecule has 26 heteroatoms. The lowest BCUT2D eigenvalue weighted by Crippen LogP contribution is -2.69. The molecule has 0 spiro atoms. The summed E-state index contributed by atoms with van der Waals surface area (Å²) in [5, 5.41) is 0. The standard InChI is InChI=1S/C6F13I.C5F11I/c7-1(8,3(11,12)5(15,16)17)2(9,10)4(13,14)6(18,19)20;6-1(7,2(8,9)4(12,13)14)3(10,11)5(15,16)17. The van der Waals surface area contributed by atoms with Gasteiger partial charge in [0.05, 0.1) is 0 Å². The van der Waals surface area contributed by atoms with E-state index in [-0.39, 0.29) is 0 Å². The molecule has 0 aromatic rings. The lowest BCUT2D eigenvalue weighted by atomic mass is 9.98. The first kappa shape index (κ1) is 38.9. The number of alkyl halides is 26. The molecule has 0 heterocycles. The predicted molar refractivity (Wildman–Crippen MR) is 84.7 cm³/mol. The van der Waals surface area contributed by atoms with Crippen molar-refractivity contribution in [3.63, 3.8) is 0 Å². The van der Waals surface area contributed by atoms with E-state index < -0.39 is 107 Å². The Balaban J connectivity index is 0. The molecule has 0 amide bonds. The third kappa shape index (κ3) is 6.26. The molecule has 0 aliphatic heterocycles. The largest absolute Gasteiger partial charge is 0.460 e. The van der Waals surface area contributed by atoms with Gasteiger partial charge in [-0.1, -0.05) is 0 Å². The van der Waals surface area contributed by atoms with E-state index in [1.54, 1.807) is 0 Å². The first-order valence-electron chi connectivity index (χ1n) is 7.16. The first-order chi connectivity index (χ1) is 15.2. The van der Waals surface area contributed by atoms with Crippen molar-refractivity contribution in [2.75, 3.05) is 0 Å². The van der Waals surface area contributed by atoms with E-state index in [0.29, 0.717) is 0 Å². The maximum Gasteiger partial charge on any atom is 0.460 e. The Morgan fingerprint density at radius 1 is 0.216 bits per heavy atom. The lowest BCUT2D eigenvalue weighted by molar-refractivity contribution is -0.431. The van der Waals surface area contributed by atoms with Crippen LogP contribution >= 0.6 is 45.2 Å². The van der Waals surface area contributed by atoms with Gasteiger partial charge in [0.2, 0.25) is 0 Å². The maximum atomic E-state index is 12.5. The van der Waals surface area contributed by atoms with Crippen LogP contribution in [0.5, 0.6) is 0 Å². The van der Waals surface area contributed by atoms with E-state index in [1.165, 1.54) is 0 Å². The molecule has 0 aromatic carbocycles. The van der Waals surface area contributed by atoms with Crippen LogP contribution in [0.2, 0.25) is 0 Å². The van der Waals surface area contributed by atoms with Crippen LogP contribution in [-0.4, -0.2) is 61.7 Å². The second-order valence-corrected chi connectivity index (χ2v) is 8.72. The molecule has 0 fully saturated rings. The van der Waals surface area contributed by atoms with Gasteiger partial charge in [-0.15, -0.1) is 0 Å². The third-order valence-electron chi connectivity index (χ3n) is 3.40. The van der Waals surface area contributed by atoms with Crippen molar-refractivity contribution in [3.05, 3.63) is 0 Å². The van der Waals surface area contributed by atoms with E-state index in [1.807, 2.05) is 0 Å². The van der Waals surface area contributed by atoms with Crippen LogP contribution in [0.4, 0.5) is 105 Å². The molecule has 0 aliphatic rings. The molecule has 0 bridgehead atoms. The molecule has 0 aliphatic carbocycles. The summed E-state index contributed by atoms with van der Waals surface area (Å²) in [6.07, 6.45) is -14.5. The van der Waals surface area contributed by atoms with E-state index in [4.69, 9.17) is 0 Å². The van der Waals surface area contributed by atoms with Crippen LogP contribution in [0, 0.1) is 0 Å². The molecular formula is C11F24I2. The predicted octanol–water partition coefficient (Wildman–Crippen LogP) is 9.60. The summed E-state index contributed by atoms with van der Waals surface area (Å²) in [6, 6.07) is 0. The summed E-state index contributed by atoms with van der Waals surface area (Å²) in [5.41, 5.74) is 0. The van der Waals surface area contributed by atoms with Crippen LogP contribution in [0.25, 0.3) is 0 Å². The Morgan fingerprint density at radius 2 is 0.351 bits per heavy atom. The molecule has 0 radical (unpaired) electrons. The highest BCUT2D eigenvalue weighted by Gasteiger charge is 2.90. The smallest absolute Gasteiger partial charge is 0.192 e. The van der Waals surface area contributed by atoms with Crippen LogP contribution < -0.4 is 0 Å². The molecule has 0 atom stereocenters. The fourth-order valence-electron chi connectivity index (χ4n) is 1.30. The van der Waals surface area contributed by atoms with E-state index >= 15 is 0 Å². The van der Waals surface area contributed by atoms with Crippen molar-refractivity contribution in [1.82, 2.24) is 0 Å². The van der Waals surface area contributed by atoms with E-state index in [2.05, 4.69) is 0 Å². The van der Waals surface area contributed by atoms with Gasteiger partial charge in [0.1, 0.15) is 0 Å². The summed E-state index contributed by atoms with van der Waals surface area (Å²) < 4.78 is 278. The Morgan fingerprint density at radius 3 is 0.486 bits per heavy atom. The van der Waals surface area contributed by atoms with Crippen LogP contribution in [0.1, 0.15) is 0 Å². The Kier molecular flexibility index (Phi) is 10.5. The second-order valence-electron chi connectivity index (χ2n) is 6.01. The average molecular weight is 842 g/mol. The van der Waals surface area contributed by atoms with E-state index in [9.17, 15) is 105 Å². The van der Waals surface area contributed by atoms with Gasteiger partial charge in [-0.05, 0) is 0 Å². The Hall–Kier alpha value is -0.220. The quantitative estimate of drug-likeness (QED) is 0.136. The van der Waals surface area contributed by atoms with Crippen molar-refractivity contribution in [2.24, 2.45) is 0 Å². The maximum absolute atomic E-state index is 12.5. The fraction of sp³-hybridized carbons (Fsp3) is 1.00. The number of halogens is 26. The Labute approximate surface area is 212 Å². The highest BCUT2D eigenvalue weighted by molar-refractivity contribution is 14.1. The van der Waals surface area contributed by atoms with Crippen molar-refractivity contribution >= 4 is 45.2 Å². The van der Waals surface area contributed by atoms with Crippen molar-refractivity contribution in [1.29, 1.82) is 0 Å². The SMILES string of the molecule is FC(F)(F)C(F)(F)C(F)(F)C(F)(F)C(F)(F)C(F)(F)I.FC(F)(F)C(F)(F)C(F)(F)C(F)(F)C(F)(F)I.